The summed E-state index contributed by atoms with van der Waals surface area (Å²) in [5.41, 5.74) is 5.59. The van der Waals surface area contributed by atoms with Crippen molar-refractivity contribution >= 4 is 17.7 Å². The Bertz CT molecular complexity index is 557. The molecule has 0 saturated carbocycles. The van der Waals surface area contributed by atoms with Crippen molar-refractivity contribution in [2.24, 2.45) is 11.7 Å². The number of likely N-dealkylation sites (N-methyl/N-ethyl adjacent to an activating group) is 1. The summed E-state index contributed by atoms with van der Waals surface area (Å²) >= 11 is 0. The first-order valence-corrected chi connectivity index (χ1v) is 10.7. The summed E-state index contributed by atoms with van der Waals surface area (Å²) in [6.45, 7) is 8.47. The molecule has 1 unspecified atom stereocenters. The van der Waals surface area contributed by atoms with Gasteiger partial charge in [0, 0.05) is 26.2 Å². The molecule has 0 radical (unpaired) electrons. The lowest BCUT2D eigenvalue weighted by molar-refractivity contribution is -0.141. The first kappa shape index (κ1) is 25.1. The van der Waals surface area contributed by atoms with Crippen molar-refractivity contribution in [2.45, 2.75) is 58.5 Å². The number of rotatable bonds is 11. The third-order valence-electron chi connectivity index (χ3n) is 5.15. The van der Waals surface area contributed by atoms with Crippen LogP contribution in [-0.4, -0.2) is 79.4 Å². The van der Waals surface area contributed by atoms with Crippen LogP contribution >= 0.6 is 0 Å². The molecule has 1 rings (SSSR count). The van der Waals surface area contributed by atoms with E-state index in [4.69, 9.17) is 5.73 Å². The molecule has 1 aliphatic heterocycles. The van der Waals surface area contributed by atoms with Crippen molar-refractivity contribution in [3.05, 3.63) is 12.2 Å². The molecule has 8 nitrogen and oxygen atoms in total. The number of nitrogens with one attached hydrogen (secondary N) is 2. The van der Waals surface area contributed by atoms with E-state index in [1.54, 1.807) is 29.0 Å². The van der Waals surface area contributed by atoms with Crippen LogP contribution in [0.15, 0.2) is 12.2 Å². The Hall–Kier alpha value is -1.93. The Kier molecular flexibility index (Phi) is 11.5. The maximum Gasteiger partial charge on any atom is 0.246 e. The Morgan fingerprint density at radius 1 is 1.03 bits per heavy atom. The molecule has 1 aliphatic rings. The van der Waals surface area contributed by atoms with E-state index in [-0.39, 0.29) is 23.8 Å². The Labute approximate surface area is 175 Å². The second kappa shape index (κ2) is 13.3. The third-order valence-corrected chi connectivity index (χ3v) is 5.15. The molecular formula is C21H39N5O3. The fourth-order valence-corrected chi connectivity index (χ4v) is 3.47. The molecule has 1 fully saturated rings. The highest BCUT2D eigenvalue weighted by Crippen LogP contribution is 2.11. The van der Waals surface area contributed by atoms with Gasteiger partial charge < -0.3 is 26.2 Å². The molecule has 29 heavy (non-hydrogen) atoms. The minimum Gasteiger partial charge on any atom is -0.343 e. The molecule has 1 saturated heterocycles. The smallest absolute Gasteiger partial charge is 0.246 e. The van der Waals surface area contributed by atoms with Gasteiger partial charge in [0.1, 0.15) is 6.04 Å². The van der Waals surface area contributed by atoms with Crippen LogP contribution in [0.3, 0.4) is 0 Å². The zero-order chi connectivity index (χ0) is 21.8. The number of allylic oxidation sites excluding steroid dienone is 1. The van der Waals surface area contributed by atoms with E-state index in [2.05, 4.69) is 24.5 Å². The van der Waals surface area contributed by atoms with Gasteiger partial charge in [-0.15, -0.1) is 0 Å². The van der Waals surface area contributed by atoms with E-state index >= 15 is 0 Å². The summed E-state index contributed by atoms with van der Waals surface area (Å²) in [6.07, 6.45) is 6.13. The lowest BCUT2D eigenvalue weighted by atomic mass is 10.0. The second-order valence-electron chi connectivity index (χ2n) is 7.97. The standard InChI is InChI=1S/C21H39N5O3/c1-5-8-19(27)25-11-13-26(14-12-25)21(29)17(9-6-7-10-22)24-20(28)18(23-4)15-16(2)3/h5,8,16-18,23H,6-7,9-15,22H2,1-4H3,(H,24,28)/b8-5+/t17-,18?/m1/s1. The SMILES string of the molecule is C/C=C/C(=O)N1CCN(C(=O)[C@@H](CCCCN)NC(=O)C(CC(C)C)NC)CC1. The van der Waals surface area contributed by atoms with Gasteiger partial charge in [0.15, 0.2) is 0 Å². The number of nitrogens with zero attached hydrogens (tertiary/aromatic N) is 2. The van der Waals surface area contributed by atoms with Crippen LogP contribution in [0.25, 0.3) is 0 Å². The quantitative estimate of drug-likeness (QED) is 0.340. The summed E-state index contributed by atoms with van der Waals surface area (Å²) in [7, 11) is 1.76. The average Bonchev–Trinajstić information content (AvgIpc) is 2.70. The van der Waals surface area contributed by atoms with Crippen molar-refractivity contribution < 1.29 is 14.4 Å². The summed E-state index contributed by atoms with van der Waals surface area (Å²) in [5, 5.41) is 6.01. The summed E-state index contributed by atoms with van der Waals surface area (Å²) in [5.74, 6) is 0.118. The predicted octanol–water partition coefficient (Wildman–Crippen LogP) is 0.481. The van der Waals surface area contributed by atoms with Crippen molar-refractivity contribution in [1.82, 2.24) is 20.4 Å². The molecule has 0 aliphatic carbocycles. The number of hydrogen-bond donors (Lipinski definition) is 3. The summed E-state index contributed by atoms with van der Waals surface area (Å²) < 4.78 is 0. The Balaban J connectivity index is 2.74. The highest BCUT2D eigenvalue weighted by atomic mass is 16.2. The zero-order valence-corrected chi connectivity index (χ0v) is 18.4. The van der Waals surface area contributed by atoms with E-state index in [0.717, 1.165) is 12.8 Å². The molecule has 0 aromatic carbocycles. The lowest BCUT2D eigenvalue weighted by Gasteiger charge is -2.36. The summed E-state index contributed by atoms with van der Waals surface area (Å²) in [4.78, 5) is 41.3. The van der Waals surface area contributed by atoms with E-state index in [1.165, 1.54) is 0 Å². The van der Waals surface area contributed by atoms with E-state index in [0.29, 0.717) is 51.5 Å². The minimum atomic E-state index is -0.560. The van der Waals surface area contributed by atoms with Crippen molar-refractivity contribution in [1.29, 1.82) is 0 Å². The third kappa shape index (κ3) is 8.53. The molecule has 0 bridgehead atoms. The van der Waals surface area contributed by atoms with Gasteiger partial charge in [0.05, 0.1) is 6.04 Å². The summed E-state index contributed by atoms with van der Waals surface area (Å²) in [6, 6.07) is -0.884. The van der Waals surface area contributed by atoms with Gasteiger partial charge in [-0.3, -0.25) is 14.4 Å². The van der Waals surface area contributed by atoms with Gasteiger partial charge in [-0.1, -0.05) is 19.9 Å². The first-order chi connectivity index (χ1) is 13.8. The lowest BCUT2D eigenvalue weighted by Crippen LogP contribution is -2.57. The van der Waals surface area contributed by atoms with Gasteiger partial charge in [0.2, 0.25) is 17.7 Å². The van der Waals surface area contributed by atoms with Crippen LogP contribution in [0.2, 0.25) is 0 Å². The Morgan fingerprint density at radius 2 is 1.66 bits per heavy atom. The molecule has 0 aromatic rings. The molecule has 0 aromatic heterocycles. The molecule has 1 heterocycles. The number of unbranched alkanes of at least 4 members (excludes halogenated alkanes) is 1. The number of piperazine rings is 1. The van der Waals surface area contributed by atoms with Gasteiger partial charge >= 0.3 is 0 Å². The van der Waals surface area contributed by atoms with Crippen LogP contribution in [0.1, 0.15) is 46.5 Å². The molecule has 8 heteroatoms. The number of carbonyl (C=O) groups excluding carboxylic acids is 3. The van der Waals surface area contributed by atoms with Crippen molar-refractivity contribution in [3.63, 3.8) is 0 Å². The van der Waals surface area contributed by atoms with Crippen LogP contribution in [-0.2, 0) is 14.4 Å². The van der Waals surface area contributed by atoms with Crippen molar-refractivity contribution in [3.8, 4) is 0 Å². The number of nitrogens with two attached hydrogens (primary N) is 1. The molecule has 3 amide bonds. The maximum absolute atomic E-state index is 13.1. The van der Waals surface area contributed by atoms with Crippen LogP contribution in [0.5, 0.6) is 0 Å². The second-order valence-corrected chi connectivity index (χ2v) is 7.97. The first-order valence-electron chi connectivity index (χ1n) is 10.7. The van der Waals surface area contributed by atoms with E-state index in [1.807, 2.05) is 6.92 Å². The fraction of sp³-hybridized carbons (Fsp3) is 0.762. The monoisotopic (exact) mass is 409 g/mol. The topological polar surface area (TPSA) is 108 Å². The van der Waals surface area contributed by atoms with Gasteiger partial charge in [-0.05, 0) is 58.2 Å². The van der Waals surface area contributed by atoms with E-state index < -0.39 is 6.04 Å². The molecular weight excluding hydrogens is 370 g/mol. The van der Waals surface area contributed by atoms with E-state index in [9.17, 15) is 14.4 Å². The fourth-order valence-electron chi connectivity index (χ4n) is 3.47. The normalized spacial score (nSPS) is 16.9. The zero-order valence-electron chi connectivity index (χ0n) is 18.4. The van der Waals surface area contributed by atoms with Crippen molar-refractivity contribution in [2.75, 3.05) is 39.8 Å². The molecule has 4 N–H and O–H groups in total. The van der Waals surface area contributed by atoms with Gasteiger partial charge in [-0.25, -0.2) is 0 Å². The van der Waals surface area contributed by atoms with Gasteiger partial charge in [-0.2, -0.15) is 0 Å². The molecule has 166 valence electrons. The highest BCUT2D eigenvalue weighted by Gasteiger charge is 2.30. The Morgan fingerprint density at radius 3 is 2.17 bits per heavy atom. The number of amides is 3. The highest BCUT2D eigenvalue weighted by molar-refractivity contribution is 5.90. The molecule has 2 atom stereocenters. The minimum absolute atomic E-state index is 0.0297. The van der Waals surface area contributed by atoms with Crippen LogP contribution in [0, 0.1) is 5.92 Å². The largest absolute Gasteiger partial charge is 0.343 e. The number of carbonyl (C=O) groups is 3. The predicted molar refractivity (Wildman–Crippen MR) is 115 cm³/mol. The van der Waals surface area contributed by atoms with Gasteiger partial charge in [0.25, 0.3) is 0 Å². The van der Waals surface area contributed by atoms with Crippen LogP contribution < -0.4 is 16.4 Å². The average molecular weight is 410 g/mol. The number of hydrogen-bond acceptors (Lipinski definition) is 5. The van der Waals surface area contributed by atoms with Crippen LogP contribution in [0.4, 0.5) is 0 Å². The maximum atomic E-state index is 13.1. The molecule has 0 spiro atoms.